The summed E-state index contributed by atoms with van der Waals surface area (Å²) in [4.78, 5) is 15.0. The number of rotatable bonds is 4. The maximum atomic E-state index is 12.6. The van der Waals surface area contributed by atoms with Crippen molar-refractivity contribution in [3.63, 3.8) is 0 Å². The number of nitrogens with zero attached hydrogens (tertiary/aromatic N) is 2. The monoisotopic (exact) mass is 462 g/mol. The highest BCUT2D eigenvalue weighted by molar-refractivity contribution is 7.87. The number of anilines is 1. The first-order chi connectivity index (χ1) is 13.2. The van der Waals surface area contributed by atoms with E-state index in [2.05, 4.69) is 4.90 Å². The molecule has 0 atom stereocenters. The minimum Gasteiger partial charge on any atom is -0.379 e. The molecule has 1 aliphatic rings. The van der Waals surface area contributed by atoms with Crippen molar-refractivity contribution < 1.29 is 17.4 Å². The second-order valence-electron chi connectivity index (χ2n) is 6.22. The molecule has 150 valence electrons. The number of hydrogen-bond donors (Lipinski definition) is 0. The molecule has 0 spiro atoms. The number of halogens is 3. The van der Waals surface area contributed by atoms with Crippen LogP contribution in [0.25, 0.3) is 0 Å². The maximum absolute atomic E-state index is 12.6. The highest BCUT2D eigenvalue weighted by atomic mass is 35.5. The number of piperazine rings is 1. The Bertz CT molecular complexity index is 965. The molecule has 0 unspecified atom stereocenters. The zero-order valence-electron chi connectivity index (χ0n) is 14.9. The molecule has 2 aromatic carbocycles. The van der Waals surface area contributed by atoms with Crippen molar-refractivity contribution in [3.05, 3.63) is 51.5 Å². The standard InChI is InChI=1S/C18H17Cl3N2O4S/c1-12(24)22-6-8-23(9-7-22)14-2-4-15(5-3-14)27-28(25,26)18-16(20)10-13(19)11-17(18)21/h2-5,10-11H,6-9H2,1H3. The van der Waals surface area contributed by atoms with E-state index in [0.717, 1.165) is 5.69 Å². The van der Waals surface area contributed by atoms with Gasteiger partial charge in [0.25, 0.3) is 0 Å². The van der Waals surface area contributed by atoms with Crippen LogP contribution in [0, 0.1) is 0 Å². The number of amides is 1. The lowest BCUT2D eigenvalue weighted by Gasteiger charge is -2.35. The van der Waals surface area contributed by atoms with Gasteiger partial charge in [0.2, 0.25) is 5.91 Å². The van der Waals surface area contributed by atoms with Crippen LogP contribution in [-0.4, -0.2) is 45.4 Å². The van der Waals surface area contributed by atoms with Crippen molar-refractivity contribution in [2.75, 3.05) is 31.1 Å². The highest BCUT2D eigenvalue weighted by Crippen LogP contribution is 2.34. The van der Waals surface area contributed by atoms with E-state index in [9.17, 15) is 13.2 Å². The molecule has 6 nitrogen and oxygen atoms in total. The van der Waals surface area contributed by atoms with E-state index in [1.54, 1.807) is 36.1 Å². The van der Waals surface area contributed by atoms with Crippen molar-refractivity contribution in [3.8, 4) is 5.75 Å². The fourth-order valence-electron chi connectivity index (χ4n) is 2.93. The Balaban J connectivity index is 1.73. The molecular weight excluding hydrogens is 447 g/mol. The van der Waals surface area contributed by atoms with E-state index < -0.39 is 10.1 Å². The summed E-state index contributed by atoms with van der Waals surface area (Å²) in [5.74, 6) is 0.196. The molecule has 2 aromatic rings. The topological polar surface area (TPSA) is 66.9 Å². The van der Waals surface area contributed by atoms with E-state index in [0.29, 0.717) is 26.2 Å². The van der Waals surface area contributed by atoms with E-state index in [4.69, 9.17) is 39.0 Å². The molecule has 0 aliphatic carbocycles. The predicted molar refractivity (Wildman–Crippen MR) is 110 cm³/mol. The van der Waals surface area contributed by atoms with Gasteiger partial charge in [-0.2, -0.15) is 8.42 Å². The van der Waals surface area contributed by atoms with Crippen LogP contribution in [0.1, 0.15) is 6.92 Å². The van der Waals surface area contributed by atoms with Crippen molar-refractivity contribution in [1.82, 2.24) is 4.90 Å². The summed E-state index contributed by atoms with van der Waals surface area (Å²) in [6.07, 6.45) is 0. The first kappa shape index (κ1) is 21.0. The average molecular weight is 464 g/mol. The Kier molecular flexibility index (Phi) is 6.29. The number of carbonyl (C=O) groups is 1. The normalized spacial score (nSPS) is 14.9. The maximum Gasteiger partial charge on any atom is 0.342 e. The van der Waals surface area contributed by atoms with Gasteiger partial charge in [-0.05, 0) is 36.4 Å². The molecular formula is C18H17Cl3N2O4S. The lowest BCUT2D eigenvalue weighted by Crippen LogP contribution is -2.48. The molecule has 0 N–H and O–H groups in total. The summed E-state index contributed by atoms with van der Waals surface area (Å²) in [6, 6.07) is 9.21. The third-order valence-electron chi connectivity index (χ3n) is 4.35. The number of hydrogen-bond acceptors (Lipinski definition) is 5. The van der Waals surface area contributed by atoms with Crippen LogP contribution in [0.5, 0.6) is 5.75 Å². The highest BCUT2D eigenvalue weighted by Gasteiger charge is 2.25. The second kappa shape index (κ2) is 8.37. The molecule has 1 heterocycles. The van der Waals surface area contributed by atoms with Gasteiger partial charge in [0.15, 0.2) is 0 Å². The van der Waals surface area contributed by atoms with Gasteiger partial charge in [-0.25, -0.2) is 0 Å². The van der Waals surface area contributed by atoms with E-state index in [1.807, 2.05) is 0 Å². The molecule has 28 heavy (non-hydrogen) atoms. The van der Waals surface area contributed by atoms with Crippen LogP contribution in [0.3, 0.4) is 0 Å². The van der Waals surface area contributed by atoms with Crippen molar-refractivity contribution in [2.45, 2.75) is 11.8 Å². The summed E-state index contributed by atoms with van der Waals surface area (Å²) in [5.41, 5.74) is 0.913. The van der Waals surface area contributed by atoms with E-state index >= 15 is 0 Å². The Morgan fingerprint density at radius 2 is 1.50 bits per heavy atom. The zero-order chi connectivity index (χ0) is 20.5. The lowest BCUT2D eigenvalue weighted by atomic mass is 10.2. The minimum atomic E-state index is -4.23. The summed E-state index contributed by atoms with van der Waals surface area (Å²) in [5, 5.41) is -0.00176. The molecule has 3 rings (SSSR count). The SMILES string of the molecule is CC(=O)N1CCN(c2ccc(OS(=O)(=O)c3c(Cl)cc(Cl)cc3Cl)cc2)CC1. The third-order valence-corrected chi connectivity index (χ3v) is 6.74. The fourth-order valence-corrected chi connectivity index (χ4v) is 5.36. The quantitative estimate of drug-likeness (QED) is 0.639. The van der Waals surface area contributed by atoms with Gasteiger partial charge in [0.1, 0.15) is 10.6 Å². The van der Waals surface area contributed by atoms with Crippen LogP contribution in [0.4, 0.5) is 5.69 Å². The first-order valence-corrected chi connectivity index (χ1v) is 10.9. The molecule has 0 saturated carbocycles. The molecule has 10 heteroatoms. The Labute approximate surface area is 178 Å². The Morgan fingerprint density at radius 3 is 2.00 bits per heavy atom. The fraction of sp³-hybridized carbons (Fsp3) is 0.278. The third kappa shape index (κ3) is 4.66. The molecule has 1 aliphatic heterocycles. The van der Waals surface area contributed by atoms with Crippen LogP contribution < -0.4 is 9.08 Å². The van der Waals surface area contributed by atoms with Gasteiger partial charge < -0.3 is 14.0 Å². The Hall–Kier alpha value is -1.67. The summed E-state index contributed by atoms with van der Waals surface area (Å²) >= 11 is 17.8. The van der Waals surface area contributed by atoms with Gasteiger partial charge in [0.05, 0.1) is 10.0 Å². The van der Waals surface area contributed by atoms with Gasteiger partial charge in [0, 0.05) is 43.8 Å². The second-order valence-corrected chi connectivity index (χ2v) is 8.96. The van der Waals surface area contributed by atoms with E-state index in [-0.39, 0.29) is 31.6 Å². The van der Waals surface area contributed by atoms with Crippen LogP contribution in [0.2, 0.25) is 15.1 Å². The minimum absolute atomic E-state index is 0.0631. The van der Waals surface area contributed by atoms with Gasteiger partial charge in [-0.1, -0.05) is 34.8 Å². The molecule has 0 bridgehead atoms. The van der Waals surface area contributed by atoms with Crippen molar-refractivity contribution >= 4 is 56.5 Å². The van der Waals surface area contributed by atoms with Crippen molar-refractivity contribution in [1.29, 1.82) is 0 Å². The van der Waals surface area contributed by atoms with Gasteiger partial charge in [-0.3, -0.25) is 4.79 Å². The van der Waals surface area contributed by atoms with E-state index in [1.165, 1.54) is 12.1 Å². The van der Waals surface area contributed by atoms with Crippen LogP contribution in [0.15, 0.2) is 41.3 Å². The van der Waals surface area contributed by atoms with Crippen LogP contribution in [-0.2, 0) is 14.9 Å². The zero-order valence-corrected chi connectivity index (χ0v) is 17.9. The Morgan fingerprint density at radius 1 is 0.964 bits per heavy atom. The summed E-state index contributed by atoms with van der Waals surface area (Å²) in [6.45, 7) is 4.26. The van der Waals surface area contributed by atoms with Gasteiger partial charge >= 0.3 is 10.1 Å². The van der Waals surface area contributed by atoms with Gasteiger partial charge in [-0.15, -0.1) is 0 Å². The number of carbonyl (C=O) groups excluding carboxylic acids is 1. The first-order valence-electron chi connectivity index (χ1n) is 8.37. The average Bonchev–Trinajstić information content (AvgIpc) is 2.61. The summed E-state index contributed by atoms with van der Waals surface area (Å²) in [7, 11) is -4.23. The molecule has 0 aromatic heterocycles. The molecule has 0 radical (unpaired) electrons. The molecule has 1 amide bonds. The predicted octanol–water partition coefficient (Wildman–Crippen LogP) is 4.08. The number of benzene rings is 2. The van der Waals surface area contributed by atoms with Crippen LogP contribution >= 0.6 is 34.8 Å². The summed E-state index contributed by atoms with van der Waals surface area (Å²) < 4.78 is 30.3. The largest absolute Gasteiger partial charge is 0.379 e. The van der Waals surface area contributed by atoms with Crippen molar-refractivity contribution in [2.24, 2.45) is 0 Å². The smallest absolute Gasteiger partial charge is 0.342 e. The molecule has 1 saturated heterocycles. The molecule has 1 fully saturated rings. The lowest BCUT2D eigenvalue weighted by molar-refractivity contribution is -0.129.